The van der Waals surface area contributed by atoms with Crippen LogP contribution in [0, 0.1) is 11.3 Å². The van der Waals surface area contributed by atoms with Crippen molar-refractivity contribution in [2.45, 2.75) is 142 Å². The molecular weight excluding hydrogens is 552 g/mol. The smallest absolute Gasteiger partial charge is 0.187 e. The van der Waals surface area contributed by atoms with Crippen LogP contribution >= 0.6 is 0 Å². The number of ketones is 2. The van der Waals surface area contributed by atoms with Crippen LogP contribution in [0.15, 0.2) is 0 Å². The van der Waals surface area contributed by atoms with E-state index in [9.17, 15) is 30.0 Å². The molecule has 0 bridgehead atoms. The number of Topliss-reactive ketones (excluding diaryl/α,β-unsaturated/α-hetero) is 2. The Bertz CT molecular complexity index is 844. The van der Waals surface area contributed by atoms with Crippen LogP contribution in [0.1, 0.15) is 81.1 Å². The highest BCUT2D eigenvalue weighted by atomic mass is 16.7. The largest absolute Gasteiger partial charge is 0.390 e. The van der Waals surface area contributed by atoms with Gasteiger partial charge in [-0.15, -0.1) is 0 Å². The minimum atomic E-state index is -1.55. The molecule has 0 aliphatic carbocycles. The SMILES string of the molecule is CCC(C)(CC)OC1OC(COCC(C)=O)C(OC2OC(COCC(C)=O)C(C(C)(CC)CC)C(O)C2O)C(O)C1O. The molecule has 0 aromatic heterocycles. The summed E-state index contributed by atoms with van der Waals surface area (Å²) < 4.78 is 35.5. The highest BCUT2D eigenvalue weighted by Crippen LogP contribution is 2.44. The van der Waals surface area contributed by atoms with Gasteiger partial charge in [-0.05, 0) is 39.0 Å². The summed E-state index contributed by atoms with van der Waals surface area (Å²) in [6, 6.07) is 0. The minimum absolute atomic E-state index is 0.0382. The maximum atomic E-state index is 11.5. The number of aliphatic hydroxyl groups excluding tert-OH is 4. The van der Waals surface area contributed by atoms with Gasteiger partial charge in [0.25, 0.3) is 0 Å². The van der Waals surface area contributed by atoms with E-state index in [0.29, 0.717) is 25.7 Å². The van der Waals surface area contributed by atoms with E-state index in [1.807, 2.05) is 41.5 Å². The molecule has 0 amide bonds. The van der Waals surface area contributed by atoms with Gasteiger partial charge in [0.1, 0.15) is 43.7 Å². The Morgan fingerprint density at radius 2 is 1.17 bits per heavy atom. The molecule has 2 saturated heterocycles. The number of carbonyl (C=O) groups excluding carboxylic acids is 2. The third kappa shape index (κ3) is 9.23. The molecule has 4 N–H and O–H groups in total. The molecule has 2 fully saturated rings. The van der Waals surface area contributed by atoms with Crippen molar-refractivity contribution in [1.82, 2.24) is 0 Å². The van der Waals surface area contributed by atoms with Crippen LogP contribution in [0.4, 0.5) is 0 Å². The van der Waals surface area contributed by atoms with Gasteiger partial charge in [-0.2, -0.15) is 0 Å². The van der Waals surface area contributed by atoms with Gasteiger partial charge in [0.2, 0.25) is 0 Å². The second-order valence-electron chi connectivity index (χ2n) is 12.2. The van der Waals surface area contributed by atoms with Crippen molar-refractivity contribution in [3.05, 3.63) is 0 Å². The lowest BCUT2D eigenvalue weighted by Gasteiger charge is -2.51. The zero-order valence-corrected chi connectivity index (χ0v) is 26.5. The van der Waals surface area contributed by atoms with E-state index in [1.54, 1.807) is 0 Å². The van der Waals surface area contributed by atoms with Gasteiger partial charge in [-0.3, -0.25) is 9.59 Å². The summed E-state index contributed by atoms with van der Waals surface area (Å²) >= 11 is 0. The van der Waals surface area contributed by atoms with Gasteiger partial charge in [0.05, 0.1) is 31.0 Å². The molecule has 2 heterocycles. The Kier molecular flexibility index (Phi) is 14.4. The van der Waals surface area contributed by atoms with Crippen LogP contribution in [-0.2, 0) is 38.0 Å². The van der Waals surface area contributed by atoms with Gasteiger partial charge in [0.15, 0.2) is 24.1 Å². The summed E-state index contributed by atoms with van der Waals surface area (Å²) in [4.78, 5) is 23.0. The van der Waals surface area contributed by atoms with Crippen LogP contribution in [0.2, 0.25) is 0 Å². The van der Waals surface area contributed by atoms with E-state index >= 15 is 0 Å². The monoisotopic (exact) mass is 606 g/mol. The van der Waals surface area contributed by atoms with Crippen LogP contribution < -0.4 is 0 Å². The summed E-state index contributed by atoms with van der Waals surface area (Å²) in [7, 11) is 0. The van der Waals surface area contributed by atoms with E-state index in [1.165, 1.54) is 13.8 Å². The molecule has 0 aromatic rings. The average molecular weight is 607 g/mol. The molecule has 2 aliphatic rings. The fraction of sp³-hybridized carbons (Fsp3) is 0.933. The number of hydrogen-bond acceptors (Lipinski definition) is 12. The Hall–Kier alpha value is -1.06. The summed E-state index contributed by atoms with van der Waals surface area (Å²) in [6.07, 6.45) is -9.00. The molecule has 0 saturated carbocycles. The van der Waals surface area contributed by atoms with Crippen LogP contribution in [0.5, 0.6) is 0 Å². The third-order valence-electron chi connectivity index (χ3n) is 9.13. The molecule has 12 nitrogen and oxygen atoms in total. The standard InChI is InChI=1S/C30H54O12/c1-9-29(7,10-2)21-19(15-37-13-17(5)31)39-27(24(35)22(21)33)41-26-20(16-38-14-18(6)32)40-28(25(36)23(26)34)42-30(8,11-3)12-4/h19-28,33-36H,9-16H2,1-8H3. The lowest BCUT2D eigenvalue weighted by molar-refractivity contribution is -0.370. The summed E-state index contributed by atoms with van der Waals surface area (Å²) in [5.41, 5.74) is -1.07. The normalized spacial score (nSPS) is 34.4. The highest BCUT2D eigenvalue weighted by molar-refractivity contribution is 5.77. The lowest BCUT2D eigenvalue weighted by Crippen LogP contribution is -2.65. The quantitative estimate of drug-likeness (QED) is 0.189. The average Bonchev–Trinajstić information content (AvgIpc) is 2.95. The van der Waals surface area contributed by atoms with Gasteiger partial charge in [0, 0.05) is 5.92 Å². The number of ether oxygens (including phenoxy) is 6. The van der Waals surface area contributed by atoms with Crippen molar-refractivity contribution < 1.29 is 58.4 Å². The van der Waals surface area contributed by atoms with Crippen LogP contribution in [0.3, 0.4) is 0 Å². The first kappa shape index (κ1) is 37.1. The molecule has 12 heteroatoms. The molecule has 10 atom stereocenters. The first-order valence-electron chi connectivity index (χ1n) is 15.2. The highest BCUT2D eigenvalue weighted by Gasteiger charge is 2.54. The van der Waals surface area contributed by atoms with Gasteiger partial charge < -0.3 is 48.8 Å². The molecule has 2 aliphatic heterocycles. The van der Waals surface area contributed by atoms with Gasteiger partial charge in [-0.1, -0.05) is 47.5 Å². The maximum Gasteiger partial charge on any atom is 0.187 e. The van der Waals surface area contributed by atoms with Gasteiger partial charge >= 0.3 is 0 Å². The van der Waals surface area contributed by atoms with E-state index in [0.717, 1.165) is 0 Å². The van der Waals surface area contributed by atoms with Crippen molar-refractivity contribution in [2.75, 3.05) is 26.4 Å². The molecule has 0 aromatic carbocycles. The molecule has 10 unspecified atom stereocenters. The predicted molar refractivity (Wildman–Crippen MR) is 151 cm³/mol. The summed E-state index contributed by atoms with van der Waals surface area (Å²) in [6.45, 7) is 13.9. The Labute approximate surface area is 249 Å². The molecule has 2 rings (SSSR count). The predicted octanol–water partition coefficient (Wildman–Crippen LogP) is 1.51. The second kappa shape index (κ2) is 16.3. The summed E-state index contributed by atoms with van der Waals surface area (Å²) in [5.74, 6) is -0.946. The van der Waals surface area contributed by atoms with Crippen molar-refractivity contribution in [3.8, 4) is 0 Å². The number of hydrogen-bond donors (Lipinski definition) is 4. The van der Waals surface area contributed by atoms with E-state index in [4.69, 9.17) is 28.4 Å². The first-order valence-corrected chi connectivity index (χ1v) is 15.2. The summed E-state index contributed by atoms with van der Waals surface area (Å²) in [5, 5.41) is 44.8. The molecule has 0 radical (unpaired) electrons. The second-order valence-corrected chi connectivity index (χ2v) is 12.2. The van der Waals surface area contributed by atoms with Crippen molar-refractivity contribution >= 4 is 11.6 Å². The Morgan fingerprint density at radius 3 is 1.64 bits per heavy atom. The van der Waals surface area contributed by atoms with Crippen LogP contribution in [0.25, 0.3) is 0 Å². The zero-order valence-electron chi connectivity index (χ0n) is 26.5. The van der Waals surface area contributed by atoms with Crippen LogP contribution in [-0.4, -0.2) is 119 Å². The van der Waals surface area contributed by atoms with Crippen molar-refractivity contribution in [2.24, 2.45) is 11.3 Å². The fourth-order valence-corrected chi connectivity index (χ4v) is 5.56. The fourth-order valence-electron chi connectivity index (χ4n) is 5.56. The Morgan fingerprint density at radius 1 is 0.690 bits per heavy atom. The topological polar surface area (TPSA) is 170 Å². The third-order valence-corrected chi connectivity index (χ3v) is 9.13. The number of rotatable bonds is 17. The Balaban J connectivity index is 2.35. The lowest BCUT2D eigenvalue weighted by atomic mass is 9.66. The number of carbonyl (C=O) groups is 2. The maximum absolute atomic E-state index is 11.5. The van der Waals surface area contributed by atoms with E-state index in [-0.39, 0.29) is 38.0 Å². The minimum Gasteiger partial charge on any atom is -0.390 e. The van der Waals surface area contributed by atoms with Crippen molar-refractivity contribution in [1.29, 1.82) is 0 Å². The first-order chi connectivity index (χ1) is 19.7. The zero-order chi connectivity index (χ0) is 31.8. The molecule has 246 valence electrons. The molecular formula is C30H54O12. The van der Waals surface area contributed by atoms with Crippen molar-refractivity contribution in [3.63, 3.8) is 0 Å². The molecule has 0 spiro atoms. The number of aliphatic hydroxyl groups is 4. The van der Waals surface area contributed by atoms with E-state index < -0.39 is 72.2 Å². The van der Waals surface area contributed by atoms with Gasteiger partial charge in [-0.25, -0.2) is 0 Å². The van der Waals surface area contributed by atoms with E-state index in [2.05, 4.69) is 0 Å². The molecule has 42 heavy (non-hydrogen) atoms.